The van der Waals surface area contributed by atoms with Gasteiger partial charge in [0.15, 0.2) is 0 Å². The van der Waals surface area contributed by atoms with Gasteiger partial charge in [0.1, 0.15) is 0 Å². The van der Waals surface area contributed by atoms with Crippen LogP contribution in [-0.2, 0) is 0 Å². The van der Waals surface area contributed by atoms with Crippen molar-refractivity contribution < 1.29 is 0 Å². The van der Waals surface area contributed by atoms with Crippen LogP contribution >= 0.6 is 34.8 Å². The molecule has 0 fully saturated rings. The van der Waals surface area contributed by atoms with E-state index in [9.17, 15) is 0 Å². The molecule has 0 saturated carbocycles. The summed E-state index contributed by atoms with van der Waals surface area (Å²) < 4.78 is 0. The van der Waals surface area contributed by atoms with Gasteiger partial charge in [-0.2, -0.15) is 0 Å². The Morgan fingerprint density at radius 3 is 2.27 bits per heavy atom. The van der Waals surface area contributed by atoms with Gasteiger partial charge < -0.3 is 0 Å². The van der Waals surface area contributed by atoms with Crippen LogP contribution < -0.4 is 0 Å². The van der Waals surface area contributed by atoms with E-state index < -0.39 is 0 Å². The van der Waals surface area contributed by atoms with Crippen molar-refractivity contribution in [2.24, 2.45) is 0 Å². The van der Waals surface area contributed by atoms with Gasteiger partial charge in [0.2, 0.25) is 0 Å². The second kappa shape index (κ2) is 6.35. The first-order chi connectivity index (χ1) is 5.22. The predicted molar refractivity (Wildman–Crippen MR) is 58.0 cm³/mol. The van der Waals surface area contributed by atoms with Gasteiger partial charge in [-0.3, -0.25) is 0 Å². The largest absolute Gasteiger partial charge is 0.117 e. The minimum absolute atomic E-state index is 0.0343. The van der Waals surface area contributed by atoms with E-state index >= 15 is 0 Å². The smallest absolute Gasteiger partial charge is 0.0704 e. The molecule has 0 bridgehead atoms. The molecule has 1 unspecified atom stereocenters. The summed E-state index contributed by atoms with van der Waals surface area (Å²) in [5, 5.41) is 1.35. The normalized spacial score (nSPS) is 24.5. The lowest BCUT2D eigenvalue weighted by atomic mass is 10.1. The lowest BCUT2D eigenvalue weighted by Gasteiger charge is -2.15. The maximum absolute atomic E-state index is 5.79. The van der Waals surface area contributed by atoms with Crippen LogP contribution in [0.1, 0.15) is 19.3 Å². The van der Waals surface area contributed by atoms with Gasteiger partial charge in [-0.05, 0) is 29.5 Å². The maximum Gasteiger partial charge on any atom is 0.0704 e. The van der Waals surface area contributed by atoms with Crippen molar-refractivity contribution in [2.45, 2.75) is 31.2 Å². The monoisotopic (exact) mass is 230 g/mol. The molecule has 0 spiro atoms. The zero-order chi connectivity index (χ0) is 8.85. The van der Waals surface area contributed by atoms with Crippen molar-refractivity contribution in [2.75, 3.05) is 0 Å². The lowest BCUT2D eigenvalue weighted by Crippen LogP contribution is -2.05. The summed E-state index contributed by atoms with van der Waals surface area (Å²) in [6, 6.07) is 0. The topological polar surface area (TPSA) is 0 Å². The molecule has 0 aromatic heterocycles. The summed E-state index contributed by atoms with van der Waals surface area (Å²) in [7, 11) is 1.31. The second-order valence-electron chi connectivity index (χ2n) is 2.11. The van der Waals surface area contributed by atoms with Crippen molar-refractivity contribution in [1.82, 2.24) is 0 Å². The van der Waals surface area contributed by atoms with Gasteiger partial charge in [-0.25, -0.2) is 0 Å². The Bertz CT molecular complexity index is 145. The average molecular weight is 232 g/mol. The van der Waals surface area contributed by atoms with Crippen LogP contribution in [0.5, 0.6) is 0 Å². The molecule has 1 atom stereocenters. The van der Waals surface area contributed by atoms with Gasteiger partial charge in [0, 0.05) is 5.03 Å². The third-order valence-corrected chi connectivity index (χ3v) is 2.92. The summed E-state index contributed by atoms with van der Waals surface area (Å²) in [5.74, 6) is 0. The average Bonchev–Trinajstić information content (AvgIpc) is 2.04. The molecule has 0 N–H and O–H groups in total. The number of hydrogen-bond donors (Lipinski definition) is 0. The molecule has 0 saturated heterocycles. The van der Waals surface area contributed by atoms with Gasteiger partial charge in [0.25, 0.3) is 0 Å². The zero-order valence-corrected chi connectivity index (χ0v) is 11.1. The summed E-state index contributed by atoms with van der Waals surface area (Å²) in [6.45, 7) is 2.14. The van der Waals surface area contributed by atoms with Crippen molar-refractivity contribution >= 4 is 45.0 Å². The van der Waals surface area contributed by atoms with E-state index in [4.69, 9.17) is 34.8 Å². The first-order valence-electron chi connectivity index (χ1n) is 3.90. The molecule has 0 heterocycles. The van der Waals surface area contributed by atoms with Gasteiger partial charge in [-0.15, -0.1) is 11.6 Å². The van der Waals surface area contributed by atoms with Crippen LogP contribution in [-0.4, -0.2) is 15.6 Å². The Labute approximate surface area is 86.3 Å². The highest BCUT2D eigenvalue weighted by Gasteiger charge is 2.17. The minimum atomic E-state index is -0.0343. The first kappa shape index (κ1) is 11.8. The van der Waals surface area contributed by atoms with Crippen LogP contribution in [0.25, 0.3) is 0 Å². The molecule has 1 aliphatic carbocycles. The quantitative estimate of drug-likeness (QED) is 0.444. The van der Waals surface area contributed by atoms with Gasteiger partial charge in [-0.1, -0.05) is 29.7 Å². The fourth-order valence-corrected chi connectivity index (χ4v) is 1.66. The molecule has 1 rings (SSSR count). The molecule has 0 aliphatic heterocycles. The van der Waals surface area contributed by atoms with E-state index in [2.05, 4.69) is 6.55 Å². The number of alkyl halides is 1. The van der Waals surface area contributed by atoms with Crippen molar-refractivity contribution in [3.8, 4) is 0 Å². The maximum atomic E-state index is 5.79. The number of allylic oxidation sites excluding steroid dienone is 2. The van der Waals surface area contributed by atoms with E-state index in [0.717, 1.165) is 24.3 Å². The third-order valence-electron chi connectivity index (χ3n) is 1.39. The van der Waals surface area contributed by atoms with Crippen LogP contribution in [0.3, 0.4) is 0 Å². The molecule has 11 heavy (non-hydrogen) atoms. The zero-order valence-electron chi connectivity index (χ0n) is 6.83. The first-order valence-corrected chi connectivity index (χ1v) is 7.09. The Balaban J connectivity index is 0.000000461. The van der Waals surface area contributed by atoms with Gasteiger partial charge in [0.05, 0.1) is 10.4 Å². The van der Waals surface area contributed by atoms with Crippen molar-refractivity contribution in [3.63, 3.8) is 0 Å². The van der Waals surface area contributed by atoms with Crippen molar-refractivity contribution in [1.29, 1.82) is 0 Å². The number of hydrogen-bond acceptors (Lipinski definition) is 0. The van der Waals surface area contributed by atoms with Crippen LogP contribution in [0, 0.1) is 0 Å². The number of halogens is 3. The fourth-order valence-electron chi connectivity index (χ4n) is 0.853. The molecule has 66 valence electrons. The van der Waals surface area contributed by atoms with Crippen LogP contribution in [0.2, 0.25) is 6.55 Å². The predicted octanol–water partition coefficient (Wildman–Crippen LogP) is 2.87. The highest BCUT2D eigenvalue weighted by Crippen LogP contribution is 2.33. The van der Waals surface area contributed by atoms with Crippen LogP contribution in [0.15, 0.2) is 10.1 Å². The molecular formula is C7H13Cl3Si. The Morgan fingerprint density at radius 2 is 1.91 bits per heavy atom. The second-order valence-corrected chi connectivity index (χ2v) is 3.50. The molecule has 0 nitrogen and oxygen atoms in total. The third kappa shape index (κ3) is 3.84. The van der Waals surface area contributed by atoms with Gasteiger partial charge >= 0.3 is 0 Å². The SMILES string of the molecule is C[SiH3].ClC1=C(Cl)C(Cl)CCC1. The standard InChI is InChI=1S/C6H7Cl3.CH6Si/c7-4-2-1-3-5(8)6(4)9;1-2/h4H,1-3H2;1-2H3. The highest BCUT2D eigenvalue weighted by atomic mass is 35.5. The fraction of sp³-hybridized carbons (Fsp3) is 0.714. The molecular weight excluding hydrogens is 219 g/mol. The molecule has 0 aromatic rings. The number of rotatable bonds is 0. The molecule has 4 heteroatoms. The Hall–Kier alpha value is 0.827. The van der Waals surface area contributed by atoms with E-state index in [1.165, 1.54) is 10.2 Å². The summed E-state index contributed by atoms with van der Waals surface area (Å²) in [5.41, 5.74) is 0. The highest BCUT2D eigenvalue weighted by molar-refractivity contribution is 6.43. The van der Waals surface area contributed by atoms with E-state index in [1.54, 1.807) is 0 Å². The Kier molecular flexibility index (Phi) is 6.83. The van der Waals surface area contributed by atoms with E-state index in [0.29, 0.717) is 5.03 Å². The van der Waals surface area contributed by atoms with E-state index in [-0.39, 0.29) is 5.38 Å². The molecule has 0 aromatic carbocycles. The summed E-state index contributed by atoms with van der Waals surface area (Å²) in [6.07, 6.45) is 2.91. The summed E-state index contributed by atoms with van der Waals surface area (Å²) >= 11 is 17.2. The minimum Gasteiger partial charge on any atom is -0.117 e. The Morgan fingerprint density at radius 1 is 1.36 bits per heavy atom. The van der Waals surface area contributed by atoms with E-state index in [1.807, 2.05) is 0 Å². The lowest BCUT2D eigenvalue weighted by molar-refractivity contribution is 0.719. The molecule has 0 radical (unpaired) electrons. The van der Waals surface area contributed by atoms with Crippen LogP contribution in [0.4, 0.5) is 0 Å². The summed E-state index contributed by atoms with van der Waals surface area (Å²) in [4.78, 5) is 0. The molecule has 1 aliphatic rings. The molecule has 0 amide bonds. The van der Waals surface area contributed by atoms with Crippen molar-refractivity contribution in [3.05, 3.63) is 10.1 Å².